The van der Waals surface area contributed by atoms with Gasteiger partial charge in [0.25, 0.3) is 0 Å². The molecule has 0 aliphatic rings. The maximum atomic E-state index is 12.5. The lowest BCUT2D eigenvalue weighted by Crippen LogP contribution is -2.02. The van der Waals surface area contributed by atoms with Gasteiger partial charge in [0.15, 0.2) is 0 Å². The first-order valence-corrected chi connectivity index (χ1v) is 8.02. The maximum Gasteiger partial charge on any atom is 0.646 e. The van der Waals surface area contributed by atoms with Gasteiger partial charge in [-0.05, 0) is 48.5 Å². The highest BCUT2D eigenvalue weighted by atomic mass is 35.5. The SMILES string of the molecule is C=COP(=O)(Oc1ccc(Cl)cc1)Oc1ccc(Cl)cc1. The van der Waals surface area contributed by atoms with Gasteiger partial charge in [0, 0.05) is 10.0 Å². The lowest BCUT2D eigenvalue weighted by molar-refractivity contribution is 0.274. The maximum absolute atomic E-state index is 12.5. The molecular formula is C14H11Cl2O4P. The van der Waals surface area contributed by atoms with Gasteiger partial charge < -0.3 is 13.6 Å². The molecule has 2 aromatic rings. The molecule has 0 unspecified atom stereocenters. The summed E-state index contributed by atoms with van der Waals surface area (Å²) in [6.07, 6.45) is 0.993. The molecule has 0 spiro atoms. The third kappa shape index (κ3) is 4.71. The Kier molecular flexibility index (Phi) is 5.18. The van der Waals surface area contributed by atoms with E-state index in [-0.39, 0.29) is 0 Å². The van der Waals surface area contributed by atoms with Crippen molar-refractivity contribution in [1.29, 1.82) is 0 Å². The van der Waals surface area contributed by atoms with Crippen molar-refractivity contribution >= 4 is 31.0 Å². The molecule has 0 aliphatic heterocycles. The average Bonchev–Trinajstić information content (AvgIpc) is 2.44. The third-order valence-electron chi connectivity index (χ3n) is 2.27. The number of halogens is 2. The van der Waals surface area contributed by atoms with E-state index in [1.807, 2.05) is 0 Å². The van der Waals surface area contributed by atoms with Gasteiger partial charge in [-0.2, -0.15) is 4.57 Å². The second-order valence-electron chi connectivity index (χ2n) is 3.81. The number of hydrogen-bond acceptors (Lipinski definition) is 4. The largest absolute Gasteiger partial charge is 0.646 e. The van der Waals surface area contributed by atoms with E-state index in [0.717, 1.165) is 6.26 Å². The van der Waals surface area contributed by atoms with Crippen LogP contribution in [0.25, 0.3) is 0 Å². The molecule has 2 aromatic carbocycles. The van der Waals surface area contributed by atoms with Crippen LogP contribution < -0.4 is 9.05 Å². The summed E-state index contributed by atoms with van der Waals surface area (Å²) >= 11 is 11.5. The fourth-order valence-corrected chi connectivity index (χ4v) is 2.72. The summed E-state index contributed by atoms with van der Waals surface area (Å²) in [5.41, 5.74) is 0. The number of phosphoric acid groups is 1. The van der Waals surface area contributed by atoms with Crippen LogP contribution in [0.5, 0.6) is 11.5 Å². The van der Waals surface area contributed by atoms with Gasteiger partial charge in [-0.3, -0.25) is 0 Å². The first kappa shape index (κ1) is 15.8. The van der Waals surface area contributed by atoms with Crippen LogP contribution in [0.1, 0.15) is 0 Å². The van der Waals surface area contributed by atoms with E-state index >= 15 is 0 Å². The molecule has 110 valence electrons. The zero-order valence-corrected chi connectivity index (χ0v) is 13.1. The predicted molar refractivity (Wildman–Crippen MR) is 83.0 cm³/mol. The summed E-state index contributed by atoms with van der Waals surface area (Å²) in [6, 6.07) is 12.6. The second-order valence-corrected chi connectivity index (χ2v) is 6.15. The number of hydrogen-bond donors (Lipinski definition) is 0. The van der Waals surface area contributed by atoms with Crippen molar-refractivity contribution < 1.29 is 18.1 Å². The number of phosphoric ester groups is 1. The van der Waals surface area contributed by atoms with E-state index in [9.17, 15) is 4.57 Å². The van der Waals surface area contributed by atoms with Crippen LogP contribution in [-0.4, -0.2) is 0 Å². The van der Waals surface area contributed by atoms with Crippen molar-refractivity contribution in [3.05, 3.63) is 71.4 Å². The quantitative estimate of drug-likeness (QED) is 0.496. The van der Waals surface area contributed by atoms with Crippen molar-refractivity contribution in [2.24, 2.45) is 0 Å². The smallest absolute Gasteiger partial charge is 0.395 e. The molecule has 0 atom stereocenters. The van der Waals surface area contributed by atoms with Gasteiger partial charge in [-0.1, -0.05) is 29.8 Å². The Balaban J connectivity index is 2.19. The Bertz CT molecular complexity index is 604. The zero-order chi connectivity index (χ0) is 15.3. The van der Waals surface area contributed by atoms with Gasteiger partial charge in [0.1, 0.15) is 11.5 Å². The molecule has 0 saturated carbocycles. The first-order valence-electron chi connectivity index (χ1n) is 5.80. The van der Waals surface area contributed by atoms with Crippen LogP contribution in [0, 0.1) is 0 Å². The van der Waals surface area contributed by atoms with Crippen molar-refractivity contribution in [2.75, 3.05) is 0 Å². The minimum Gasteiger partial charge on any atom is -0.395 e. The van der Waals surface area contributed by atoms with E-state index < -0.39 is 7.82 Å². The van der Waals surface area contributed by atoms with Crippen LogP contribution >= 0.6 is 31.0 Å². The highest BCUT2D eigenvalue weighted by molar-refractivity contribution is 7.49. The van der Waals surface area contributed by atoms with Crippen molar-refractivity contribution in [3.63, 3.8) is 0 Å². The molecule has 0 saturated heterocycles. The average molecular weight is 345 g/mol. The van der Waals surface area contributed by atoms with Gasteiger partial charge in [-0.15, -0.1) is 0 Å². The monoisotopic (exact) mass is 344 g/mol. The first-order chi connectivity index (χ1) is 10.0. The summed E-state index contributed by atoms with van der Waals surface area (Å²) in [5.74, 6) is 0.581. The lowest BCUT2D eigenvalue weighted by atomic mass is 10.3. The Hall–Kier alpha value is -1.61. The summed E-state index contributed by atoms with van der Waals surface area (Å²) in [5, 5.41) is 1.06. The van der Waals surface area contributed by atoms with Crippen LogP contribution in [-0.2, 0) is 9.09 Å². The Morgan fingerprint density at radius 3 is 1.57 bits per heavy atom. The standard InChI is InChI=1S/C14H11Cl2O4P/c1-2-18-21(17,19-13-7-3-11(15)4-8-13)20-14-9-5-12(16)6-10-14/h2-10H,1H2. The molecule has 0 radical (unpaired) electrons. The molecule has 0 aliphatic carbocycles. The summed E-state index contributed by atoms with van der Waals surface area (Å²) in [6.45, 7) is 3.36. The highest BCUT2D eigenvalue weighted by Crippen LogP contribution is 2.49. The Morgan fingerprint density at radius 2 is 1.24 bits per heavy atom. The van der Waals surface area contributed by atoms with Crippen LogP contribution in [0.4, 0.5) is 0 Å². The minimum atomic E-state index is -3.90. The van der Waals surface area contributed by atoms with Crippen LogP contribution in [0.2, 0.25) is 10.0 Å². The predicted octanol–water partition coefficient (Wildman–Crippen LogP) is 5.72. The topological polar surface area (TPSA) is 44.8 Å². The number of rotatable bonds is 6. The minimum absolute atomic E-state index is 0.290. The van der Waals surface area contributed by atoms with Gasteiger partial charge >= 0.3 is 7.82 Å². The molecule has 7 heteroatoms. The Morgan fingerprint density at radius 1 is 0.857 bits per heavy atom. The molecule has 0 heterocycles. The van der Waals surface area contributed by atoms with Crippen molar-refractivity contribution in [1.82, 2.24) is 0 Å². The van der Waals surface area contributed by atoms with Crippen LogP contribution in [0.3, 0.4) is 0 Å². The molecule has 0 fully saturated rings. The molecular weight excluding hydrogens is 334 g/mol. The molecule has 2 rings (SSSR count). The zero-order valence-electron chi connectivity index (χ0n) is 10.7. The normalized spacial score (nSPS) is 10.8. The van der Waals surface area contributed by atoms with E-state index in [0.29, 0.717) is 21.5 Å². The molecule has 21 heavy (non-hydrogen) atoms. The summed E-state index contributed by atoms with van der Waals surface area (Å²) < 4.78 is 28.0. The van der Waals surface area contributed by atoms with Gasteiger partial charge in [-0.25, -0.2) is 0 Å². The fourth-order valence-electron chi connectivity index (χ4n) is 1.40. The molecule has 4 nitrogen and oxygen atoms in total. The fraction of sp³-hybridized carbons (Fsp3) is 0. The van der Waals surface area contributed by atoms with E-state index in [2.05, 4.69) is 6.58 Å². The number of benzene rings is 2. The second kappa shape index (κ2) is 6.90. The Labute approximate surface area is 132 Å². The van der Waals surface area contributed by atoms with Crippen LogP contribution in [0.15, 0.2) is 61.4 Å². The van der Waals surface area contributed by atoms with E-state index in [1.54, 1.807) is 48.5 Å². The third-order valence-corrected chi connectivity index (χ3v) is 4.05. The molecule has 0 amide bonds. The molecule has 0 N–H and O–H groups in total. The lowest BCUT2D eigenvalue weighted by Gasteiger charge is -2.17. The summed E-state index contributed by atoms with van der Waals surface area (Å²) in [7, 11) is -3.90. The van der Waals surface area contributed by atoms with Crippen molar-refractivity contribution in [3.8, 4) is 11.5 Å². The van der Waals surface area contributed by atoms with Gasteiger partial charge in [0.05, 0.1) is 6.26 Å². The molecule has 0 aromatic heterocycles. The van der Waals surface area contributed by atoms with Gasteiger partial charge in [0.2, 0.25) is 0 Å². The highest BCUT2D eigenvalue weighted by Gasteiger charge is 2.31. The molecule has 0 bridgehead atoms. The summed E-state index contributed by atoms with van der Waals surface area (Å²) in [4.78, 5) is 0. The van der Waals surface area contributed by atoms with E-state index in [1.165, 1.54) is 0 Å². The van der Waals surface area contributed by atoms with Crippen molar-refractivity contribution in [2.45, 2.75) is 0 Å². The van der Waals surface area contributed by atoms with E-state index in [4.69, 9.17) is 36.8 Å².